The summed E-state index contributed by atoms with van der Waals surface area (Å²) in [6.07, 6.45) is 1.84. The Kier molecular flexibility index (Phi) is 8.47. The van der Waals surface area contributed by atoms with Crippen molar-refractivity contribution >= 4 is 11.9 Å². The lowest BCUT2D eigenvalue weighted by Crippen LogP contribution is -2.39. The van der Waals surface area contributed by atoms with Crippen molar-refractivity contribution in [3.8, 4) is 0 Å². The van der Waals surface area contributed by atoms with E-state index < -0.39 is 0 Å². The number of methoxy groups -OCH3 is 1. The summed E-state index contributed by atoms with van der Waals surface area (Å²) in [6.45, 7) is 9.37. The second-order valence-corrected chi connectivity index (χ2v) is 8.57. The van der Waals surface area contributed by atoms with Crippen LogP contribution in [0, 0.1) is 13.8 Å². The Labute approximate surface area is 191 Å². The first-order chi connectivity index (χ1) is 15.4. The molecule has 0 aliphatic carbocycles. The van der Waals surface area contributed by atoms with E-state index in [2.05, 4.69) is 38.7 Å². The van der Waals surface area contributed by atoms with Crippen LogP contribution in [0.3, 0.4) is 0 Å². The Hall–Kier alpha value is -2.64. The second kappa shape index (κ2) is 11.3. The third-order valence-corrected chi connectivity index (χ3v) is 6.50. The van der Waals surface area contributed by atoms with Gasteiger partial charge in [-0.1, -0.05) is 30.3 Å². The predicted octanol–water partition coefficient (Wildman–Crippen LogP) is 2.30. The van der Waals surface area contributed by atoms with Crippen LogP contribution in [0.2, 0.25) is 0 Å². The molecular weight excluding hydrogens is 404 g/mol. The first kappa shape index (κ1) is 24.0. The number of rotatable bonds is 8. The van der Waals surface area contributed by atoms with Crippen LogP contribution in [0.4, 0.5) is 0 Å². The molecule has 174 valence electrons. The van der Waals surface area contributed by atoms with Gasteiger partial charge in [0.15, 0.2) is 0 Å². The van der Waals surface area contributed by atoms with Crippen molar-refractivity contribution in [3.63, 3.8) is 0 Å². The number of carbonyl (C=O) groups is 2. The van der Waals surface area contributed by atoms with Crippen molar-refractivity contribution in [2.75, 3.05) is 46.4 Å². The molecule has 1 amide bonds. The fraction of sp³-hybridized carbons (Fsp3) is 0.520. The highest BCUT2D eigenvalue weighted by Gasteiger charge is 2.25. The minimum Gasteiger partial charge on any atom is -0.465 e. The summed E-state index contributed by atoms with van der Waals surface area (Å²) < 4.78 is 7.10. The monoisotopic (exact) mass is 440 g/mol. The number of esters is 1. The zero-order chi connectivity index (χ0) is 23.1. The molecule has 0 bridgehead atoms. The second-order valence-electron chi connectivity index (χ2n) is 8.57. The van der Waals surface area contributed by atoms with Crippen LogP contribution in [0.15, 0.2) is 30.3 Å². The first-order valence-corrected chi connectivity index (χ1v) is 11.4. The molecule has 1 aliphatic rings. The third-order valence-electron chi connectivity index (χ3n) is 6.50. The Morgan fingerprint density at radius 2 is 1.69 bits per heavy atom. The average molecular weight is 441 g/mol. The number of hydrogen-bond acceptors (Lipinski definition) is 5. The molecule has 2 heterocycles. The molecule has 1 saturated heterocycles. The van der Waals surface area contributed by atoms with Crippen LogP contribution in [-0.2, 0) is 29.5 Å². The van der Waals surface area contributed by atoms with Crippen molar-refractivity contribution in [3.05, 3.63) is 58.4 Å². The highest BCUT2D eigenvalue weighted by molar-refractivity contribution is 5.93. The molecule has 0 unspecified atom stereocenters. The zero-order valence-corrected chi connectivity index (χ0v) is 19.8. The number of ether oxygens (including phenoxy) is 1. The smallest absolute Gasteiger partial charge is 0.340 e. The molecule has 1 fully saturated rings. The predicted molar refractivity (Wildman–Crippen MR) is 126 cm³/mol. The number of nitrogens with one attached hydrogen (secondary N) is 1. The fourth-order valence-electron chi connectivity index (χ4n) is 4.40. The molecular formula is C25H36N4O3. The van der Waals surface area contributed by atoms with Crippen LogP contribution in [-0.4, -0.2) is 72.6 Å². The normalized spacial score (nSPS) is 15.4. The molecule has 0 spiro atoms. The van der Waals surface area contributed by atoms with Gasteiger partial charge in [-0.15, -0.1) is 0 Å². The number of nitrogens with zero attached hydrogens (tertiary/aromatic N) is 3. The van der Waals surface area contributed by atoms with Crippen molar-refractivity contribution in [1.29, 1.82) is 0 Å². The summed E-state index contributed by atoms with van der Waals surface area (Å²) in [5, 5.41) is 3.04. The summed E-state index contributed by atoms with van der Waals surface area (Å²) in [7, 11) is 3.42. The highest BCUT2D eigenvalue weighted by atomic mass is 16.5. The topological polar surface area (TPSA) is 66.8 Å². The van der Waals surface area contributed by atoms with Crippen molar-refractivity contribution in [2.45, 2.75) is 33.2 Å². The van der Waals surface area contributed by atoms with E-state index in [9.17, 15) is 9.59 Å². The lowest BCUT2D eigenvalue weighted by Gasteiger charge is -2.22. The van der Waals surface area contributed by atoms with Gasteiger partial charge in [-0.2, -0.15) is 0 Å². The van der Waals surface area contributed by atoms with Gasteiger partial charge in [0.1, 0.15) is 0 Å². The number of benzene rings is 1. The Bertz CT molecular complexity index is 923. The van der Waals surface area contributed by atoms with Gasteiger partial charge in [-0.05, 0) is 45.3 Å². The van der Waals surface area contributed by atoms with E-state index in [0.29, 0.717) is 18.7 Å². The molecule has 0 radical (unpaired) electrons. The summed E-state index contributed by atoms with van der Waals surface area (Å²) in [4.78, 5) is 29.4. The average Bonchev–Trinajstić information content (AvgIpc) is 2.94. The fourth-order valence-corrected chi connectivity index (χ4v) is 4.40. The SMILES string of the molecule is COC(=O)c1c(CN2CCCN(CC(=O)NCCc3ccccc3)CC2)c(C)n(C)c1C. The van der Waals surface area contributed by atoms with Crippen LogP contribution < -0.4 is 5.32 Å². The van der Waals surface area contributed by atoms with E-state index in [1.165, 1.54) is 12.7 Å². The maximum Gasteiger partial charge on any atom is 0.340 e. The van der Waals surface area contributed by atoms with E-state index in [1.807, 2.05) is 32.2 Å². The standard InChI is InChI=1S/C25H36N4O3/c1-19-22(24(25(31)32-4)20(2)27(19)3)17-28-13-8-14-29(16-15-28)18-23(30)26-12-11-21-9-6-5-7-10-21/h5-7,9-10H,8,11-18H2,1-4H3,(H,26,30). The van der Waals surface area contributed by atoms with Gasteiger partial charge >= 0.3 is 5.97 Å². The molecule has 7 nitrogen and oxygen atoms in total. The number of hydrogen-bond donors (Lipinski definition) is 1. The lowest BCUT2D eigenvalue weighted by atomic mass is 10.1. The molecule has 0 atom stereocenters. The number of amides is 1. The maximum atomic E-state index is 12.4. The molecule has 32 heavy (non-hydrogen) atoms. The molecule has 3 rings (SSSR count). The summed E-state index contributed by atoms with van der Waals surface area (Å²) in [5.41, 5.74) is 5.00. The number of aromatic nitrogens is 1. The maximum absolute atomic E-state index is 12.4. The van der Waals surface area contributed by atoms with E-state index >= 15 is 0 Å². The zero-order valence-electron chi connectivity index (χ0n) is 19.8. The molecule has 1 aromatic carbocycles. The van der Waals surface area contributed by atoms with Crippen molar-refractivity contribution in [2.24, 2.45) is 7.05 Å². The van der Waals surface area contributed by atoms with Crippen LogP contribution in [0.5, 0.6) is 0 Å². The molecule has 0 saturated carbocycles. The summed E-state index contributed by atoms with van der Waals surface area (Å²) in [6, 6.07) is 10.2. The highest BCUT2D eigenvalue weighted by Crippen LogP contribution is 2.24. The molecule has 1 N–H and O–H groups in total. The molecule has 7 heteroatoms. The van der Waals surface area contributed by atoms with E-state index in [0.717, 1.165) is 62.5 Å². The molecule has 1 aliphatic heterocycles. The number of carbonyl (C=O) groups excluding carboxylic acids is 2. The van der Waals surface area contributed by atoms with Gasteiger partial charge < -0.3 is 14.6 Å². The van der Waals surface area contributed by atoms with Crippen LogP contribution >= 0.6 is 0 Å². The van der Waals surface area contributed by atoms with E-state index in [4.69, 9.17) is 4.74 Å². The summed E-state index contributed by atoms with van der Waals surface area (Å²) in [5.74, 6) is -0.193. The van der Waals surface area contributed by atoms with Gasteiger partial charge in [0.2, 0.25) is 5.91 Å². The Morgan fingerprint density at radius 1 is 1.00 bits per heavy atom. The van der Waals surface area contributed by atoms with Gasteiger partial charge in [0.25, 0.3) is 0 Å². The largest absolute Gasteiger partial charge is 0.465 e. The Morgan fingerprint density at radius 3 is 2.41 bits per heavy atom. The first-order valence-electron chi connectivity index (χ1n) is 11.4. The minimum atomic E-state index is -0.273. The minimum absolute atomic E-state index is 0.0805. The van der Waals surface area contributed by atoms with Crippen molar-refractivity contribution in [1.82, 2.24) is 19.7 Å². The van der Waals surface area contributed by atoms with Gasteiger partial charge in [-0.25, -0.2) is 4.79 Å². The van der Waals surface area contributed by atoms with Gasteiger partial charge in [-0.3, -0.25) is 14.6 Å². The van der Waals surface area contributed by atoms with E-state index in [-0.39, 0.29) is 11.9 Å². The lowest BCUT2D eigenvalue weighted by molar-refractivity contribution is -0.122. The quantitative estimate of drug-likeness (QED) is 0.638. The Balaban J connectivity index is 1.51. The van der Waals surface area contributed by atoms with Crippen LogP contribution in [0.25, 0.3) is 0 Å². The van der Waals surface area contributed by atoms with Gasteiger partial charge in [0, 0.05) is 50.2 Å². The summed E-state index contributed by atoms with van der Waals surface area (Å²) >= 11 is 0. The van der Waals surface area contributed by atoms with Gasteiger partial charge in [0.05, 0.1) is 19.2 Å². The molecule has 2 aromatic rings. The van der Waals surface area contributed by atoms with E-state index in [1.54, 1.807) is 0 Å². The van der Waals surface area contributed by atoms with Crippen molar-refractivity contribution < 1.29 is 14.3 Å². The van der Waals surface area contributed by atoms with Crippen LogP contribution in [0.1, 0.15) is 39.3 Å². The molecule has 1 aromatic heterocycles. The third kappa shape index (κ3) is 5.99.